The lowest BCUT2D eigenvalue weighted by molar-refractivity contribution is -0.0502. The molecule has 0 spiro atoms. The number of aromatic nitrogens is 3. The second-order valence-corrected chi connectivity index (χ2v) is 8.72. The number of morpholine rings is 1. The van der Waals surface area contributed by atoms with Gasteiger partial charge in [0.25, 0.3) is 0 Å². The summed E-state index contributed by atoms with van der Waals surface area (Å²) in [5, 5.41) is 12.1. The topological polar surface area (TPSA) is 70.3 Å². The van der Waals surface area contributed by atoms with Crippen molar-refractivity contribution in [3.63, 3.8) is 0 Å². The number of rotatable bonds is 7. The van der Waals surface area contributed by atoms with Gasteiger partial charge in [-0.1, -0.05) is 36.4 Å². The van der Waals surface area contributed by atoms with Crippen LogP contribution in [0.5, 0.6) is 0 Å². The van der Waals surface area contributed by atoms with Gasteiger partial charge in [0.2, 0.25) is 0 Å². The molecule has 9 heteroatoms. The third-order valence-corrected chi connectivity index (χ3v) is 6.48. The number of benzene rings is 1. The largest absolute Gasteiger partial charge is 0.373 e. The molecule has 1 aromatic carbocycles. The minimum absolute atomic E-state index is 0. The van der Waals surface area contributed by atoms with Crippen molar-refractivity contribution < 1.29 is 4.74 Å². The number of fused-ring (bicyclic) bond motifs is 2. The molecule has 8 nitrogen and oxygen atoms in total. The predicted octanol–water partition coefficient (Wildman–Crippen LogP) is 2.83. The highest BCUT2D eigenvalue weighted by molar-refractivity contribution is 14.0. The Bertz CT molecular complexity index is 1070. The van der Waals surface area contributed by atoms with E-state index in [2.05, 4.69) is 67.0 Å². The number of hydrogen-bond acceptors (Lipinski definition) is 5. The third kappa shape index (κ3) is 5.69. The van der Waals surface area contributed by atoms with E-state index in [1.54, 1.807) is 0 Å². The molecular formula is C25H34IN7O. The van der Waals surface area contributed by atoms with Gasteiger partial charge in [0.15, 0.2) is 11.6 Å². The van der Waals surface area contributed by atoms with Gasteiger partial charge in [-0.25, -0.2) is 0 Å². The number of aliphatic imine (C=N–C) groups is 1. The van der Waals surface area contributed by atoms with Gasteiger partial charge in [0.05, 0.1) is 18.8 Å². The molecule has 34 heavy (non-hydrogen) atoms. The zero-order chi connectivity index (χ0) is 22.5. The maximum atomic E-state index is 6.16. The molecule has 2 aliphatic rings. The van der Waals surface area contributed by atoms with E-state index in [4.69, 9.17) is 9.73 Å². The molecule has 0 radical (unpaired) electrons. The number of likely N-dealkylation sites (tertiary alicyclic amines) is 1. The molecule has 2 atom stereocenters. The molecule has 2 saturated heterocycles. The zero-order valence-corrected chi connectivity index (χ0v) is 22.0. The van der Waals surface area contributed by atoms with Crippen molar-refractivity contribution in [2.45, 2.75) is 38.5 Å². The van der Waals surface area contributed by atoms with Crippen molar-refractivity contribution in [1.29, 1.82) is 0 Å². The van der Waals surface area contributed by atoms with Crippen LogP contribution in [0.2, 0.25) is 0 Å². The molecular weight excluding hydrogens is 541 g/mol. The molecule has 2 aromatic heterocycles. The van der Waals surface area contributed by atoms with Crippen LogP contribution in [-0.2, 0) is 17.7 Å². The van der Waals surface area contributed by atoms with E-state index in [1.807, 2.05) is 24.4 Å². The standard InChI is InChI=1S/C25H33N7O.HI/c1-2-26-25(27-13-8-12-24-29-28-23-11-6-7-14-32(23)24)31-18-21-22(19-31)33-16-15-30(21)17-20-9-4-3-5-10-20;/h3-7,9-11,14,21-22H,2,8,12-13,15-19H2,1H3,(H,26,27);1H. The molecule has 0 saturated carbocycles. The number of ether oxygens (including phenoxy) is 1. The Morgan fingerprint density at radius 3 is 2.82 bits per heavy atom. The maximum Gasteiger partial charge on any atom is 0.194 e. The van der Waals surface area contributed by atoms with Crippen LogP contribution in [0.4, 0.5) is 0 Å². The summed E-state index contributed by atoms with van der Waals surface area (Å²) in [6, 6.07) is 17.1. The van der Waals surface area contributed by atoms with Crippen LogP contribution in [-0.4, -0.2) is 81.8 Å². The maximum absolute atomic E-state index is 6.16. The summed E-state index contributed by atoms with van der Waals surface area (Å²) in [5.41, 5.74) is 2.25. The fourth-order valence-corrected chi connectivity index (χ4v) is 4.85. The lowest BCUT2D eigenvalue weighted by Crippen LogP contribution is -2.50. The van der Waals surface area contributed by atoms with Crippen molar-refractivity contribution in [2.24, 2.45) is 4.99 Å². The first-order valence-corrected chi connectivity index (χ1v) is 12.0. The van der Waals surface area contributed by atoms with Crippen LogP contribution in [0.25, 0.3) is 5.65 Å². The van der Waals surface area contributed by atoms with Crippen LogP contribution in [0.3, 0.4) is 0 Å². The van der Waals surface area contributed by atoms with Crippen LogP contribution in [0.15, 0.2) is 59.7 Å². The average molecular weight is 575 g/mol. The van der Waals surface area contributed by atoms with Gasteiger partial charge in [0.1, 0.15) is 5.82 Å². The van der Waals surface area contributed by atoms with E-state index < -0.39 is 0 Å². The molecule has 0 aliphatic carbocycles. The molecule has 2 fully saturated rings. The Morgan fingerprint density at radius 1 is 1.12 bits per heavy atom. The van der Waals surface area contributed by atoms with E-state index >= 15 is 0 Å². The molecule has 4 heterocycles. The van der Waals surface area contributed by atoms with E-state index in [1.165, 1.54) is 5.56 Å². The molecule has 182 valence electrons. The summed E-state index contributed by atoms with van der Waals surface area (Å²) in [7, 11) is 0. The minimum Gasteiger partial charge on any atom is -0.373 e. The predicted molar refractivity (Wildman–Crippen MR) is 145 cm³/mol. The Morgan fingerprint density at radius 2 is 1.97 bits per heavy atom. The van der Waals surface area contributed by atoms with E-state index in [-0.39, 0.29) is 30.1 Å². The van der Waals surface area contributed by atoms with E-state index in [9.17, 15) is 0 Å². The van der Waals surface area contributed by atoms with Crippen LogP contribution >= 0.6 is 24.0 Å². The summed E-state index contributed by atoms with van der Waals surface area (Å²) in [6.45, 7) is 8.30. The number of hydrogen-bond donors (Lipinski definition) is 1. The Hall–Kier alpha value is -2.24. The van der Waals surface area contributed by atoms with Gasteiger partial charge < -0.3 is 15.0 Å². The number of pyridine rings is 1. The molecule has 3 aromatic rings. The van der Waals surface area contributed by atoms with Crippen molar-refractivity contribution in [3.8, 4) is 0 Å². The minimum atomic E-state index is 0. The van der Waals surface area contributed by atoms with Crippen molar-refractivity contribution in [1.82, 2.24) is 29.7 Å². The number of aryl methyl sites for hydroxylation is 1. The summed E-state index contributed by atoms with van der Waals surface area (Å²) in [4.78, 5) is 9.88. The number of nitrogens with zero attached hydrogens (tertiary/aromatic N) is 6. The highest BCUT2D eigenvalue weighted by Gasteiger charge is 2.41. The van der Waals surface area contributed by atoms with Gasteiger partial charge in [-0.05, 0) is 31.0 Å². The first-order chi connectivity index (χ1) is 16.3. The number of halogens is 1. The van der Waals surface area contributed by atoms with Crippen molar-refractivity contribution in [3.05, 3.63) is 66.1 Å². The van der Waals surface area contributed by atoms with Crippen LogP contribution in [0.1, 0.15) is 24.7 Å². The van der Waals surface area contributed by atoms with Gasteiger partial charge in [-0.15, -0.1) is 34.2 Å². The smallest absolute Gasteiger partial charge is 0.194 e. The average Bonchev–Trinajstić information content (AvgIpc) is 3.47. The van der Waals surface area contributed by atoms with Crippen molar-refractivity contribution >= 4 is 35.6 Å². The first kappa shape index (κ1) is 24.9. The summed E-state index contributed by atoms with van der Waals surface area (Å²) >= 11 is 0. The Labute approximate surface area is 218 Å². The van der Waals surface area contributed by atoms with Gasteiger partial charge in [-0.2, -0.15) is 0 Å². The van der Waals surface area contributed by atoms with Gasteiger partial charge in [0, 0.05) is 51.9 Å². The fourth-order valence-electron chi connectivity index (χ4n) is 4.85. The van der Waals surface area contributed by atoms with Crippen LogP contribution in [0, 0.1) is 0 Å². The monoisotopic (exact) mass is 575 g/mol. The molecule has 0 bridgehead atoms. The van der Waals surface area contributed by atoms with Gasteiger partial charge in [-0.3, -0.25) is 14.3 Å². The fraction of sp³-hybridized carbons (Fsp3) is 0.480. The number of guanidine groups is 1. The highest BCUT2D eigenvalue weighted by atomic mass is 127. The summed E-state index contributed by atoms with van der Waals surface area (Å²) in [5.74, 6) is 1.98. The number of nitrogens with one attached hydrogen (secondary N) is 1. The second kappa shape index (κ2) is 11.9. The summed E-state index contributed by atoms with van der Waals surface area (Å²) in [6.07, 6.45) is 4.04. The van der Waals surface area contributed by atoms with E-state index in [0.29, 0.717) is 6.04 Å². The van der Waals surface area contributed by atoms with Crippen LogP contribution < -0.4 is 5.32 Å². The van der Waals surface area contributed by atoms with Gasteiger partial charge >= 0.3 is 0 Å². The lowest BCUT2D eigenvalue weighted by Gasteiger charge is -2.36. The first-order valence-electron chi connectivity index (χ1n) is 12.0. The quantitative estimate of drug-likeness (QED) is 0.202. The molecule has 2 unspecified atom stereocenters. The normalized spacial score (nSPS) is 20.9. The zero-order valence-electron chi connectivity index (χ0n) is 19.7. The summed E-state index contributed by atoms with van der Waals surface area (Å²) < 4.78 is 8.21. The second-order valence-electron chi connectivity index (χ2n) is 8.72. The Balaban J connectivity index is 0.00000274. The third-order valence-electron chi connectivity index (χ3n) is 6.48. The Kier molecular flexibility index (Phi) is 8.74. The van der Waals surface area contributed by atoms with E-state index in [0.717, 1.165) is 76.1 Å². The molecule has 1 N–H and O–H groups in total. The highest BCUT2D eigenvalue weighted by Crippen LogP contribution is 2.24. The lowest BCUT2D eigenvalue weighted by atomic mass is 10.1. The molecule has 0 amide bonds. The molecule has 5 rings (SSSR count). The van der Waals surface area contributed by atoms with Crippen molar-refractivity contribution in [2.75, 3.05) is 39.3 Å². The molecule has 2 aliphatic heterocycles. The SMILES string of the molecule is CCNC(=NCCCc1nnc2ccccn12)N1CC2OCCN(Cc3ccccc3)C2C1.I.